The van der Waals surface area contributed by atoms with Crippen molar-refractivity contribution in [1.82, 2.24) is 10.6 Å². The number of methoxy groups -OCH3 is 1. The van der Waals surface area contributed by atoms with Crippen molar-refractivity contribution < 1.29 is 4.74 Å². The minimum atomic E-state index is 0.0268. The highest BCUT2D eigenvalue weighted by Crippen LogP contribution is 2.24. The minimum Gasteiger partial charge on any atom is -0.497 e. The van der Waals surface area contributed by atoms with E-state index in [4.69, 9.17) is 4.74 Å². The van der Waals surface area contributed by atoms with Crippen molar-refractivity contribution in [2.24, 2.45) is 4.99 Å². The molecule has 1 rings (SSSR count). The number of nitrogens with one attached hydrogen (secondary N) is 2. The van der Waals surface area contributed by atoms with Gasteiger partial charge in [0.05, 0.1) is 7.11 Å². The molecule has 0 bridgehead atoms. The van der Waals surface area contributed by atoms with Crippen LogP contribution in [-0.2, 0) is 5.41 Å². The van der Waals surface area contributed by atoms with Gasteiger partial charge in [-0.3, -0.25) is 4.99 Å². The van der Waals surface area contributed by atoms with Gasteiger partial charge in [-0.25, -0.2) is 0 Å². The van der Waals surface area contributed by atoms with E-state index in [1.807, 2.05) is 19.2 Å². The highest BCUT2D eigenvalue weighted by molar-refractivity contribution is 5.79. The third-order valence-electron chi connectivity index (χ3n) is 3.03. The summed E-state index contributed by atoms with van der Waals surface area (Å²) in [6, 6.07) is 8.18. The maximum atomic E-state index is 5.17. The van der Waals surface area contributed by atoms with Gasteiger partial charge in [0.1, 0.15) is 5.75 Å². The summed E-state index contributed by atoms with van der Waals surface area (Å²) in [5, 5.41) is 6.31. The summed E-state index contributed by atoms with van der Waals surface area (Å²) in [5.41, 5.74) is 1.29. The average molecular weight is 249 g/mol. The Morgan fingerprint density at radius 2 is 1.89 bits per heavy atom. The van der Waals surface area contributed by atoms with E-state index in [0.717, 1.165) is 18.3 Å². The first-order chi connectivity index (χ1) is 8.53. The first kappa shape index (κ1) is 14.4. The normalized spacial score (nSPS) is 12.2. The molecule has 0 heterocycles. The molecule has 4 heteroatoms. The van der Waals surface area contributed by atoms with Crippen LogP contribution in [0.1, 0.15) is 19.4 Å². The first-order valence-corrected chi connectivity index (χ1v) is 6.06. The lowest BCUT2D eigenvalue weighted by atomic mass is 9.84. The standard InChI is InChI=1S/C14H23N3O/c1-14(2,10-17-13(15-3)16-4)11-6-8-12(18-5)9-7-11/h6-9H,10H2,1-5H3,(H2,15,16,17). The smallest absolute Gasteiger partial charge is 0.190 e. The SMILES string of the molecule is CN=C(NC)NCC(C)(C)c1ccc(OC)cc1. The van der Waals surface area contributed by atoms with Gasteiger partial charge in [0.15, 0.2) is 5.96 Å². The molecule has 0 unspecified atom stereocenters. The maximum absolute atomic E-state index is 5.17. The van der Waals surface area contributed by atoms with Crippen molar-refractivity contribution in [2.45, 2.75) is 19.3 Å². The van der Waals surface area contributed by atoms with Crippen LogP contribution in [0.5, 0.6) is 5.75 Å². The fourth-order valence-electron chi connectivity index (χ4n) is 1.73. The highest BCUT2D eigenvalue weighted by Gasteiger charge is 2.20. The van der Waals surface area contributed by atoms with Crippen LogP contribution in [0.3, 0.4) is 0 Å². The predicted octanol–water partition coefficient (Wildman–Crippen LogP) is 1.77. The average Bonchev–Trinajstić information content (AvgIpc) is 2.40. The molecule has 0 aliphatic carbocycles. The molecule has 0 aliphatic rings. The largest absolute Gasteiger partial charge is 0.497 e. The van der Waals surface area contributed by atoms with Gasteiger partial charge in [-0.05, 0) is 17.7 Å². The fourth-order valence-corrected chi connectivity index (χ4v) is 1.73. The Labute approximate surface area is 109 Å². The summed E-state index contributed by atoms with van der Waals surface area (Å²) in [5.74, 6) is 1.69. The summed E-state index contributed by atoms with van der Waals surface area (Å²) in [6.07, 6.45) is 0. The number of ether oxygens (including phenoxy) is 1. The topological polar surface area (TPSA) is 45.7 Å². The van der Waals surface area contributed by atoms with Crippen molar-refractivity contribution >= 4 is 5.96 Å². The van der Waals surface area contributed by atoms with Crippen LogP contribution in [0.25, 0.3) is 0 Å². The van der Waals surface area contributed by atoms with Gasteiger partial charge in [0.2, 0.25) is 0 Å². The van der Waals surface area contributed by atoms with Crippen LogP contribution in [0, 0.1) is 0 Å². The highest BCUT2D eigenvalue weighted by atomic mass is 16.5. The van der Waals surface area contributed by atoms with E-state index >= 15 is 0 Å². The Morgan fingerprint density at radius 1 is 1.28 bits per heavy atom. The number of guanidine groups is 1. The van der Waals surface area contributed by atoms with Gasteiger partial charge in [0, 0.05) is 26.1 Å². The number of rotatable bonds is 4. The van der Waals surface area contributed by atoms with Crippen LogP contribution in [0.15, 0.2) is 29.3 Å². The second kappa shape index (κ2) is 6.28. The Bertz CT molecular complexity index is 396. The molecule has 100 valence electrons. The van der Waals surface area contributed by atoms with Crippen LogP contribution in [-0.4, -0.2) is 33.7 Å². The lowest BCUT2D eigenvalue weighted by Gasteiger charge is -2.26. The summed E-state index contributed by atoms with van der Waals surface area (Å²) in [4.78, 5) is 4.11. The van der Waals surface area contributed by atoms with Gasteiger partial charge in [0.25, 0.3) is 0 Å². The zero-order chi connectivity index (χ0) is 13.6. The second-order valence-corrected chi connectivity index (χ2v) is 4.79. The number of nitrogens with zero attached hydrogens (tertiary/aromatic N) is 1. The lowest BCUT2D eigenvalue weighted by Crippen LogP contribution is -2.42. The number of hydrogen-bond acceptors (Lipinski definition) is 2. The van der Waals surface area contributed by atoms with Crippen molar-refractivity contribution in [3.8, 4) is 5.75 Å². The van der Waals surface area contributed by atoms with E-state index in [0.29, 0.717) is 0 Å². The van der Waals surface area contributed by atoms with Crippen LogP contribution >= 0.6 is 0 Å². The molecule has 0 aliphatic heterocycles. The zero-order valence-corrected chi connectivity index (χ0v) is 11.9. The molecule has 0 spiro atoms. The van der Waals surface area contributed by atoms with E-state index in [-0.39, 0.29) is 5.41 Å². The molecule has 0 atom stereocenters. The Morgan fingerprint density at radius 3 is 2.33 bits per heavy atom. The van der Waals surface area contributed by atoms with Gasteiger partial charge in [-0.15, -0.1) is 0 Å². The summed E-state index contributed by atoms with van der Waals surface area (Å²) in [6.45, 7) is 5.21. The van der Waals surface area contributed by atoms with Gasteiger partial charge in [-0.2, -0.15) is 0 Å². The lowest BCUT2D eigenvalue weighted by molar-refractivity contribution is 0.414. The molecule has 0 radical (unpaired) electrons. The molecule has 0 saturated carbocycles. The Kier molecular flexibility index (Phi) is 5.01. The summed E-state index contributed by atoms with van der Waals surface area (Å²) in [7, 11) is 5.30. The number of benzene rings is 1. The first-order valence-electron chi connectivity index (χ1n) is 6.06. The monoisotopic (exact) mass is 249 g/mol. The van der Waals surface area contributed by atoms with Gasteiger partial charge in [-0.1, -0.05) is 26.0 Å². The van der Waals surface area contributed by atoms with E-state index in [2.05, 4.69) is 41.6 Å². The zero-order valence-electron chi connectivity index (χ0n) is 11.9. The number of aliphatic imine (C=N–C) groups is 1. The van der Waals surface area contributed by atoms with E-state index in [1.165, 1.54) is 5.56 Å². The van der Waals surface area contributed by atoms with E-state index in [1.54, 1.807) is 14.2 Å². The predicted molar refractivity (Wildman–Crippen MR) is 76.4 cm³/mol. The van der Waals surface area contributed by atoms with Gasteiger partial charge >= 0.3 is 0 Å². The molecule has 2 N–H and O–H groups in total. The molecular weight excluding hydrogens is 226 g/mol. The molecule has 4 nitrogen and oxygen atoms in total. The second-order valence-electron chi connectivity index (χ2n) is 4.79. The third-order valence-corrected chi connectivity index (χ3v) is 3.03. The number of hydrogen-bond donors (Lipinski definition) is 2. The van der Waals surface area contributed by atoms with E-state index in [9.17, 15) is 0 Å². The summed E-state index contributed by atoms with van der Waals surface area (Å²) >= 11 is 0. The molecule has 1 aromatic rings. The molecule has 18 heavy (non-hydrogen) atoms. The van der Waals surface area contributed by atoms with E-state index < -0.39 is 0 Å². The van der Waals surface area contributed by atoms with Crippen molar-refractivity contribution in [3.63, 3.8) is 0 Å². The molecule has 0 amide bonds. The molecule has 0 fully saturated rings. The van der Waals surface area contributed by atoms with Crippen molar-refractivity contribution in [2.75, 3.05) is 27.7 Å². The Hall–Kier alpha value is -1.71. The molecule has 0 aromatic heterocycles. The molecule has 1 aromatic carbocycles. The minimum absolute atomic E-state index is 0.0268. The third kappa shape index (κ3) is 3.65. The van der Waals surface area contributed by atoms with Crippen molar-refractivity contribution in [3.05, 3.63) is 29.8 Å². The quantitative estimate of drug-likeness (QED) is 0.631. The maximum Gasteiger partial charge on any atom is 0.190 e. The van der Waals surface area contributed by atoms with Crippen molar-refractivity contribution in [1.29, 1.82) is 0 Å². The van der Waals surface area contributed by atoms with Crippen LogP contribution in [0.2, 0.25) is 0 Å². The fraction of sp³-hybridized carbons (Fsp3) is 0.500. The molecule has 0 saturated heterocycles. The molecular formula is C14H23N3O. The van der Waals surface area contributed by atoms with Gasteiger partial charge < -0.3 is 15.4 Å². The van der Waals surface area contributed by atoms with Crippen LogP contribution < -0.4 is 15.4 Å². The summed E-state index contributed by atoms with van der Waals surface area (Å²) < 4.78 is 5.17. The van der Waals surface area contributed by atoms with Crippen LogP contribution in [0.4, 0.5) is 0 Å². The Balaban J connectivity index is 2.72.